The van der Waals surface area contributed by atoms with E-state index in [1.54, 1.807) is 18.2 Å². The SMILES string of the molecule is Cc1cccc(S(=O)(=O)N2CCN(CC(=O)c3cc(C)n(-c4ccccc4)c3C)CC2)c1. The second kappa shape index (κ2) is 9.02. The van der Waals surface area contributed by atoms with Crippen molar-refractivity contribution in [1.82, 2.24) is 13.8 Å². The van der Waals surface area contributed by atoms with Crippen molar-refractivity contribution < 1.29 is 13.2 Å². The van der Waals surface area contributed by atoms with Crippen molar-refractivity contribution in [2.75, 3.05) is 32.7 Å². The lowest BCUT2D eigenvalue weighted by Gasteiger charge is -2.33. The highest BCUT2D eigenvalue weighted by Gasteiger charge is 2.29. The second-order valence-electron chi connectivity index (χ2n) is 8.38. The van der Waals surface area contributed by atoms with Crippen molar-refractivity contribution in [2.24, 2.45) is 0 Å². The van der Waals surface area contributed by atoms with Gasteiger partial charge in [-0.25, -0.2) is 8.42 Å². The largest absolute Gasteiger partial charge is 0.318 e. The molecule has 4 rings (SSSR count). The lowest BCUT2D eigenvalue weighted by molar-refractivity contribution is 0.0901. The Kier molecular flexibility index (Phi) is 6.33. The van der Waals surface area contributed by atoms with Gasteiger partial charge in [-0.1, -0.05) is 30.3 Å². The Morgan fingerprint density at radius 3 is 2.22 bits per heavy atom. The third kappa shape index (κ3) is 4.41. The van der Waals surface area contributed by atoms with Crippen LogP contribution >= 0.6 is 0 Å². The molecule has 1 saturated heterocycles. The van der Waals surface area contributed by atoms with Gasteiger partial charge < -0.3 is 4.57 Å². The van der Waals surface area contributed by atoms with Crippen LogP contribution in [0.1, 0.15) is 27.3 Å². The number of piperazine rings is 1. The van der Waals surface area contributed by atoms with Crippen molar-refractivity contribution >= 4 is 15.8 Å². The minimum Gasteiger partial charge on any atom is -0.318 e. The number of carbonyl (C=O) groups is 1. The molecule has 32 heavy (non-hydrogen) atoms. The average Bonchev–Trinajstić information content (AvgIpc) is 3.08. The molecular formula is C25H29N3O3S. The molecule has 0 unspecified atom stereocenters. The quantitative estimate of drug-likeness (QED) is 0.538. The molecule has 0 bridgehead atoms. The first-order chi connectivity index (χ1) is 15.3. The van der Waals surface area contributed by atoms with Crippen LogP contribution in [0.15, 0.2) is 65.6 Å². The van der Waals surface area contributed by atoms with Crippen LogP contribution in [0.25, 0.3) is 5.69 Å². The molecule has 0 N–H and O–H groups in total. The highest BCUT2D eigenvalue weighted by Crippen LogP contribution is 2.22. The summed E-state index contributed by atoms with van der Waals surface area (Å²) in [6.07, 6.45) is 0. The van der Waals surface area contributed by atoms with Crippen LogP contribution in [0, 0.1) is 20.8 Å². The van der Waals surface area contributed by atoms with Crippen LogP contribution in [0.4, 0.5) is 0 Å². The van der Waals surface area contributed by atoms with E-state index in [1.807, 2.05) is 68.1 Å². The summed E-state index contributed by atoms with van der Waals surface area (Å²) in [6, 6.07) is 18.9. The predicted molar refractivity (Wildman–Crippen MR) is 126 cm³/mol. The number of ketones is 1. The summed E-state index contributed by atoms with van der Waals surface area (Å²) in [5, 5.41) is 0. The molecule has 0 saturated carbocycles. The highest BCUT2D eigenvalue weighted by molar-refractivity contribution is 7.89. The van der Waals surface area contributed by atoms with Gasteiger partial charge in [-0.2, -0.15) is 4.31 Å². The maximum Gasteiger partial charge on any atom is 0.243 e. The molecule has 3 aromatic rings. The summed E-state index contributed by atoms with van der Waals surface area (Å²) in [5.74, 6) is 0.0651. The molecule has 168 valence electrons. The minimum absolute atomic E-state index is 0.0651. The van der Waals surface area contributed by atoms with Crippen LogP contribution in [0.2, 0.25) is 0 Å². The van der Waals surface area contributed by atoms with Crippen molar-refractivity contribution in [1.29, 1.82) is 0 Å². The van der Waals surface area contributed by atoms with Gasteiger partial charge in [-0.3, -0.25) is 9.69 Å². The molecule has 1 aliphatic heterocycles. The molecule has 7 heteroatoms. The molecule has 0 aliphatic carbocycles. The summed E-state index contributed by atoms with van der Waals surface area (Å²) < 4.78 is 29.5. The molecule has 1 aliphatic rings. The molecule has 2 heterocycles. The minimum atomic E-state index is -3.51. The fourth-order valence-corrected chi connectivity index (χ4v) is 5.89. The first-order valence-corrected chi connectivity index (χ1v) is 12.3. The second-order valence-corrected chi connectivity index (χ2v) is 10.3. The maximum absolute atomic E-state index is 13.1. The zero-order valence-corrected chi connectivity index (χ0v) is 19.6. The Morgan fingerprint density at radius 1 is 0.875 bits per heavy atom. The van der Waals surface area contributed by atoms with Gasteiger partial charge in [0.25, 0.3) is 0 Å². The lowest BCUT2D eigenvalue weighted by Crippen LogP contribution is -2.49. The van der Waals surface area contributed by atoms with Gasteiger partial charge in [-0.15, -0.1) is 0 Å². The van der Waals surface area contributed by atoms with Crippen molar-refractivity contribution in [2.45, 2.75) is 25.7 Å². The molecule has 0 spiro atoms. The number of Topliss-reactive ketones (excluding diaryl/α,β-unsaturated/α-hetero) is 1. The normalized spacial score (nSPS) is 15.7. The van der Waals surface area contributed by atoms with Crippen molar-refractivity contribution in [3.05, 3.63) is 83.2 Å². The fraction of sp³-hybridized carbons (Fsp3) is 0.320. The van der Waals surface area contributed by atoms with Crippen molar-refractivity contribution in [3.8, 4) is 5.69 Å². The number of carbonyl (C=O) groups excluding carboxylic acids is 1. The zero-order valence-electron chi connectivity index (χ0n) is 18.8. The molecule has 2 aromatic carbocycles. The van der Waals surface area contributed by atoms with E-state index in [2.05, 4.69) is 4.57 Å². The number of sulfonamides is 1. The van der Waals surface area contributed by atoms with Gasteiger partial charge in [0.2, 0.25) is 10.0 Å². The molecule has 6 nitrogen and oxygen atoms in total. The molecular weight excluding hydrogens is 422 g/mol. The first-order valence-electron chi connectivity index (χ1n) is 10.8. The Bertz CT molecular complexity index is 1220. The van der Waals surface area contributed by atoms with Crippen LogP contribution in [-0.4, -0.2) is 60.7 Å². The van der Waals surface area contributed by atoms with E-state index >= 15 is 0 Å². The molecule has 0 amide bonds. The van der Waals surface area contributed by atoms with Gasteiger partial charge in [0.05, 0.1) is 11.4 Å². The summed E-state index contributed by atoms with van der Waals surface area (Å²) in [5.41, 5.74) is 4.63. The molecule has 1 fully saturated rings. The van der Waals surface area contributed by atoms with E-state index in [0.29, 0.717) is 31.1 Å². The Morgan fingerprint density at radius 2 is 1.56 bits per heavy atom. The van der Waals surface area contributed by atoms with Gasteiger partial charge in [0.15, 0.2) is 5.78 Å². The van der Waals surface area contributed by atoms with Crippen LogP contribution in [0.5, 0.6) is 0 Å². The van der Waals surface area contributed by atoms with E-state index in [-0.39, 0.29) is 12.3 Å². The topological polar surface area (TPSA) is 62.6 Å². The Hall–Kier alpha value is -2.74. The van der Waals surface area contributed by atoms with Crippen LogP contribution in [0.3, 0.4) is 0 Å². The number of benzene rings is 2. The third-order valence-electron chi connectivity index (χ3n) is 6.07. The number of nitrogens with zero attached hydrogens (tertiary/aromatic N) is 3. The predicted octanol–water partition coefficient (Wildman–Crippen LogP) is 3.59. The van der Waals surface area contributed by atoms with Gasteiger partial charge in [0, 0.05) is 48.8 Å². The molecule has 0 radical (unpaired) electrons. The standard InChI is InChI=1S/C25H29N3O3S/c1-19-8-7-11-23(16-19)32(30,31)27-14-12-26(13-15-27)18-25(29)24-17-20(2)28(21(24)3)22-9-5-4-6-10-22/h4-11,16-17H,12-15,18H2,1-3H3. The first kappa shape index (κ1) is 22.5. The Labute approximate surface area is 190 Å². The number of para-hydroxylation sites is 1. The van der Waals surface area contributed by atoms with Gasteiger partial charge in [0.1, 0.15) is 0 Å². The van der Waals surface area contributed by atoms with E-state index < -0.39 is 10.0 Å². The number of hydrogen-bond acceptors (Lipinski definition) is 4. The monoisotopic (exact) mass is 451 g/mol. The zero-order chi connectivity index (χ0) is 22.9. The number of hydrogen-bond donors (Lipinski definition) is 0. The van der Waals surface area contributed by atoms with Gasteiger partial charge in [-0.05, 0) is 56.7 Å². The fourth-order valence-electron chi connectivity index (χ4n) is 4.36. The Balaban J connectivity index is 1.42. The van der Waals surface area contributed by atoms with Gasteiger partial charge >= 0.3 is 0 Å². The maximum atomic E-state index is 13.1. The highest BCUT2D eigenvalue weighted by atomic mass is 32.2. The summed E-state index contributed by atoms with van der Waals surface area (Å²) >= 11 is 0. The summed E-state index contributed by atoms with van der Waals surface area (Å²) in [7, 11) is -3.51. The average molecular weight is 452 g/mol. The number of rotatable bonds is 6. The smallest absolute Gasteiger partial charge is 0.243 e. The number of aromatic nitrogens is 1. The van der Waals surface area contributed by atoms with Crippen LogP contribution in [-0.2, 0) is 10.0 Å². The van der Waals surface area contributed by atoms with Crippen molar-refractivity contribution in [3.63, 3.8) is 0 Å². The lowest BCUT2D eigenvalue weighted by atomic mass is 10.1. The third-order valence-corrected chi connectivity index (χ3v) is 7.97. The van der Waals surface area contributed by atoms with Crippen LogP contribution < -0.4 is 0 Å². The van der Waals surface area contributed by atoms with E-state index in [1.165, 1.54) is 4.31 Å². The molecule has 1 aromatic heterocycles. The summed E-state index contributed by atoms with van der Waals surface area (Å²) in [6.45, 7) is 7.99. The van der Waals surface area contributed by atoms with E-state index in [4.69, 9.17) is 0 Å². The summed E-state index contributed by atoms with van der Waals surface area (Å²) in [4.78, 5) is 15.5. The molecule has 0 atom stereocenters. The van der Waals surface area contributed by atoms with E-state index in [9.17, 15) is 13.2 Å². The van der Waals surface area contributed by atoms with E-state index in [0.717, 1.165) is 28.2 Å². The number of aryl methyl sites for hydroxylation is 2.